The minimum Gasteiger partial charge on any atom is -0.489 e. The van der Waals surface area contributed by atoms with Crippen molar-refractivity contribution in [1.82, 2.24) is 10.2 Å². The first-order valence-electron chi connectivity index (χ1n) is 8.00. The van der Waals surface area contributed by atoms with E-state index >= 15 is 0 Å². The summed E-state index contributed by atoms with van der Waals surface area (Å²) in [6.45, 7) is 12.6. The number of benzene rings is 1. The minimum atomic E-state index is -0.280. The molecule has 1 aromatic carbocycles. The molecule has 0 aliphatic rings. The smallest absolute Gasteiger partial charge is 0.165 e. The fourth-order valence-electron chi connectivity index (χ4n) is 2.21. The standard InChI is InChI=1S/C17H29FN2O/c1-5-10-19-14(4)15-8-9-17(16(18)13-15)21-12-11-20(6-2)7-3/h8-9,13-14,19H,5-7,10-12H2,1-4H3. The zero-order chi connectivity index (χ0) is 15.7. The van der Waals surface area contributed by atoms with Gasteiger partial charge >= 0.3 is 0 Å². The summed E-state index contributed by atoms with van der Waals surface area (Å²) < 4.78 is 19.6. The van der Waals surface area contributed by atoms with Crippen LogP contribution < -0.4 is 10.1 Å². The van der Waals surface area contributed by atoms with Gasteiger partial charge in [0, 0.05) is 12.6 Å². The third kappa shape index (κ3) is 6.02. The van der Waals surface area contributed by atoms with Crippen molar-refractivity contribution in [2.45, 2.75) is 40.2 Å². The third-order valence-electron chi connectivity index (χ3n) is 3.72. The van der Waals surface area contributed by atoms with Gasteiger partial charge in [0.2, 0.25) is 0 Å². The summed E-state index contributed by atoms with van der Waals surface area (Å²) in [5.74, 6) is 0.0609. The predicted octanol–water partition coefficient (Wildman–Crippen LogP) is 3.61. The van der Waals surface area contributed by atoms with Crippen molar-refractivity contribution < 1.29 is 9.13 Å². The molecule has 120 valence electrons. The van der Waals surface area contributed by atoms with Crippen LogP contribution in [0.5, 0.6) is 5.75 Å². The van der Waals surface area contributed by atoms with Crippen LogP contribution in [0.2, 0.25) is 0 Å². The van der Waals surface area contributed by atoms with Gasteiger partial charge in [-0.25, -0.2) is 4.39 Å². The Hall–Kier alpha value is -1.13. The van der Waals surface area contributed by atoms with Gasteiger partial charge in [-0.1, -0.05) is 26.8 Å². The Kier molecular flexibility index (Phi) is 8.31. The Balaban J connectivity index is 2.53. The fourth-order valence-corrected chi connectivity index (χ4v) is 2.21. The van der Waals surface area contributed by atoms with Gasteiger partial charge < -0.3 is 15.0 Å². The molecule has 1 atom stereocenters. The van der Waals surface area contributed by atoms with Crippen LogP contribution >= 0.6 is 0 Å². The van der Waals surface area contributed by atoms with Gasteiger partial charge in [0.15, 0.2) is 11.6 Å². The summed E-state index contributed by atoms with van der Waals surface area (Å²) in [5.41, 5.74) is 0.956. The summed E-state index contributed by atoms with van der Waals surface area (Å²) in [5, 5.41) is 3.35. The number of halogens is 1. The van der Waals surface area contributed by atoms with E-state index in [1.807, 2.05) is 13.0 Å². The molecule has 0 saturated carbocycles. The number of nitrogens with zero attached hydrogens (tertiary/aromatic N) is 1. The monoisotopic (exact) mass is 296 g/mol. The minimum absolute atomic E-state index is 0.157. The van der Waals surface area contributed by atoms with Gasteiger partial charge in [-0.2, -0.15) is 0 Å². The summed E-state index contributed by atoms with van der Waals surface area (Å²) in [6, 6.07) is 5.39. The molecule has 0 bridgehead atoms. The Labute approximate surface area is 128 Å². The van der Waals surface area contributed by atoms with Gasteiger partial charge in [0.05, 0.1) is 0 Å². The van der Waals surface area contributed by atoms with Crippen LogP contribution in [0.15, 0.2) is 18.2 Å². The molecule has 1 rings (SSSR count). The maximum Gasteiger partial charge on any atom is 0.165 e. The second-order valence-electron chi connectivity index (χ2n) is 5.24. The molecule has 21 heavy (non-hydrogen) atoms. The third-order valence-corrected chi connectivity index (χ3v) is 3.72. The van der Waals surface area contributed by atoms with Crippen molar-refractivity contribution in [1.29, 1.82) is 0 Å². The lowest BCUT2D eigenvalue weighted by Gasteiger charge is -2.19. The van der Waals surface area contributed by atoms with E-state index in [1.165, 1.54) is 0 Å². The van der Waals surface area contributed by atoms with Crippen LogP contribution in [-0.2, 0) is 0 Å². The number of hydrogen-bond acceptors (Lipinski definition) is 3. The van der Waals surface area contributed by atoms with Crippen LogP contribution in [0.4, 0.5) is 4.39 Å². The van der Waals surface area contributed by atoms with E-state index < -0.39 is 0 Å². The van der Waals surface area contributed by atoms with E-state index in [2.05, 4.69) is 31.0 Å². The van der Waals surface area contributed by atoms with Gasteiger partial charge in [0.25, 0.3) is 0 Å². The highest BCUT2D eigenvalue weighted by Gasteiger charge is 2.10. The molecule has 0 fully saturated rings. The molecule has 0 spiro atoms. The summed E-state index contributed by atoms with van der Waals surface area (Å²) >= 11 is 0. The lowest BCUT2D eigenvalue weighted by Crippen LogP contribution is -2.28. The summed E-state index contributed by atoms with van der Waals surface area (Å²) in [7, 11) is 0. The van der Waals surface area contributed by atoms with E-state index in [-0.39, 0.29) is 11.9 Å². The molecule has 0 amide bonds. The van der Waals surface area contributed by atoms with Crippen LogP contribution in [0, 0.1) is 5.82 Å². The molecular weight excluding hydrogens is 267 g/mol. The van der Waals surface area contributed by atoms with E-state index in [0.29, 0.717) is 12.4 Å². The number of likely N-dealkylation sites (N-methyl/N-ethyl adjacent to an activating group) is 1. The number of hydrogen-bond donors (Lipinski definition) is 1. The highest BCUT2D eigenvalue weighted by Crippen LogP contribution is 2.22. The van der Waals surface area contributed by atoms with Gasteiger partial charge in [-0.3, -0.25) is 0 Å². The second-order valence-corrected chi connectivity index (χ2v) is 5.24. The molecule has 1 unspecified atom stereocenters. The molecule has 0 aromatic heterocycles. The molecule has 0 aliphatic carbocycles. The largest absolute Gasteiger partial charge is 0.489 e. The fraction of sp³-hybridized carbons (Fsp3) is 0.647. The SMILES string of the molecule is CCCNC(C)c1ccc(OCCN(CC)CC)c(F)c1. The number of rotatable bonds is 10. The van der Waals surface area contributed by atoms with Crippen molar-refractivity contribution in [3.05, 3.63) is 29.6 Å². The first kappa shape index (κ1) is 17.9. The lowest BCUT2D eigenvalue weighted by atomic mass is 10.1. The highest BCUT2D eigenvalue weighted by atomic mass is 19.1. The van der Waals surface area contributed by atoms with Crippen LogP contribution in [0.1, 0.15) is 45.7 Å². The topological polar surface area (TPSA) is 24.5 Å². The van der Waals surface area contributed by atoms with Crippen molar-refractivity contribution >= 4 is 0 Å². The molecule has 0 saturated heterocycles. The normalized spacial score (nSPS) is 12.7. The highest BCUT2D eigenvalue weighted by molar-refractivity contribution is 5.30. The quantitative estimate of drug-likeness (QED) is 0.714. The Morgan fingerprint density at radius 2 is 1.95 bits per heavy atom. The molecule has 1 aromatic rings. The second kappa shape index (κ2) is 9.74. The van der Waals surface area contributed by atoms with Crippen molar-refractivity contribution in [2.75, 3.05) is 32.8 Å². The van der Waals surface area contributed by atoms with Crippen molar-refractivity contribution in [2.24, 2.45) is 0 Å². The molecular formula is C17H29FN2O. The maximum absolute atomic E-state index is 14.1. The predicted molar refractivity (Wildman–Crippen MR) is 86.4 cm³/mol. The molecule has 0 aliphatic heterocycles. The van der Waals surface area contributed by atoms with E-state index in [9.17, 15) is 4.39 Å². The molecule has 1 N–H and O–H groups in total. The molecule has 0 radical (unpaired) electrons. The molecule has 4 heteroatoms. The Morgan fingerprint density at radius 1 is 1.24 bits per heavy atom. The maximum atomic E-state index is 14.1. The van der Waals surface area contributed by atoms with Gasteiger partial charge in [-0.05, 0) is 50.7 Å². The zero-order valence-corrected chi connectivity index (χ0v) is 13.8. The van der Waals surface area contributed by atoms with Gasteiger partial charge in [0.1, 0.15) is 6.61 Å². The Bertz CT molecular complexity index is 408. The average molecular weight is 296 g/mol. The van der Waals surface area contributed by atoms with Crippen LogP contribution in [0.25, 0.3) is 0 Å². The van der Waals surface area contributed by atoms with Gasteiger partial charge in [-0.15, -0.1) is 0 Å². The average Bonchev–Trinajstić information content (AvgIpc) is 2.50. The van der Waals surface area contributed by atoms with E-state index in [4.69, 9.17) is 4.74 Å². The first-order chi connectivity index (χ1) is 10.1. The van der Waals surface area contributed by atoms with Crippen LogP contribution in [0.3, 0.4) is 0 Å². The lowest BCUT2D eigenvalue weighted by molar-refractivity contribution is 0.217. The zero-order valence-electron chi connectivity index (χ0n) is 13.8. The summed E-state index contributed by atoms with van der Waals surface area (Å²) in [6.07, 6.45) is 1.07. The van der Waals surface area contributed by atoms with Crippen molar-refractivity contribution in [3.8, 4) is 5.75 Å². The Morgan fingerprint density at radius 3 is 2.52 bits per heavy atom. The molecule has 3 nitrogen and oxygen atoms in total. The van der Waals surface area contributed by atoms with E-state index in [1.54, 1.807) is 12.1 Å². The van der Waals surface area contributed by atoms with Crippen LogP contribution in [-0.4, -0.2) is 37.7 Å². The number of nitrogens with one attached hydrogen (secondary N) is 1. The summed E-state index contributed by atoms with van der Waals surface area (Å²) in [4.78, 5) is 2.25. The van der Waals surface area contributed by atoms with Crippen molar-refractivity contribution in [3.63, 3.8) is 0 Å². The molecule has 0 heterocycles. The van der Waals surface area contributed by atoms with E-state index in [0.717, 1.165) is 38.2 Å². The number of ether oxygens (including phenoxy) is 1. The first-order valence-corrected chi connectivity index (χ1v) is 8.00.